The van der Waals surface area contributed by atoms with Gasteiger partial charge < -0.3 is 10.6 Å². The smallest absolute Gasteiger partial charge is 0.278 e. The number of nitrogens with zero attached hydrogens (tertiary/aromatic N) is 1. The fourth-order valence-corrected chi connectivity index (χ4v) is 4.31. The van der Waals surface area contributed by atoms with Crippen LogP contribution in [0.2, 0.25) is 0 Å². The number of quaternary nitrogens is 1. The number of nitrogens with two attached hydrogens (primary N) is 1. The second kappa shape index (κ2) is 8.29. The molecule has 1 aromatic rings. The fraction of sp³-hybridized carbons (Fsp3) is 0.611. The van der Waals surface area contributed by atoms with E-state index in [9.17, 15) is 13.2 Å². The molecule has 1 aromatic carbocycles. The number of rotatable bonds is 9. The number of carbonyl (C=O) groups is 1. The van der Waals surface area contributed by atoms with Crippen LogP contribution in [0.4, 0.5) is 0 Å². The third kappa shape index (κ3) is 5.03. The molecule has 0 bridgehead atoms. The maximum absolute atomic E-state index is 12.5. The summed E-state index contributed by atoms with van der Waals surface area (Å²) >= 11 is 0. The molecule has 25 heavy (non-hydrogen) atoms. The Morgan fingerprint density at radius 3 is 2.24 bits per heavy atom. The zero-order valence-electron chi connectivity index (χ0n) is 15.5. The van der Waals surface area contributed by atoms with E-state index in [1.807, 2.05) is 45.1 Å². The van der Waals surface area contributed by atoms with Crippen molar-refractivity contribution in [2.75, 3.05) is 13.1 Å². The van der Waals surface area contributed by atoms with Crippen molar-refractivity contribution in [2.45, 2.75) is 63.6 Å². The van der Waals surface area contributed by atoms with Gasteiger partial charge in [0.1, 0.15) is 6.04 Å². The maximum Gasteiger partial charge on any atom is 0.278 e. The van der Waals surface area contributed by atoms with Crippen molar-refractivity contribution in [3.63, 3.8) is 0 Å². The summed E-state index contributed by atoms with van der Waals surface area (Å²) in [6.45, 7) is 8.50. The molecule has 2 atom stereocenters. The van der Waals surface area contributed by atoms with Crippen LogP contribution in [0.15, 0.2) is 29.2 Å². The van der Waals surface area contributed by atoms with Crippen LogP contribution in [0.3, 0.4) is 0 Å². The van der Waals surface area contributed by atoms with E-state index in [2.05, 4.69) is 5.32 Å². The van der Waals surface area contributed by atoms with Crippen LogP contribution >= 0.6 is 0 Å². The molecule has 0 aromatic heterocycles. The van der Waals surface area contributed by atoms with Gasteiger partial charge in [0.15, 0.2) is 6.04 Å². The fourth-order valence-electron chi connectivity index (χ4n) is 2.85. The summed E-state index contributed by atoms with van der Waals surface area (Å²) in [6.07, 6.45) is 2.16. The first-order chi connectivity index (χ1) is 11.8. The van der Waals surface area contributed by atoms with Crippen molar-refractivity contribution in [1.82, 2.24) is 9.62 Å². The van der Waals surface area contributed by atoms with Gasteiger partial charge in [0.05, 0.1) is 4.90 Å². The number of sulfonamides is 1. The SMILES string of the molecule is CCN(CC)S(=O)(=O)c1ccc([C@H](C)[NH2+][C@@H](C)C(=O)NC2CC2)cc1. The number of benzene rings is 1. The summed E-state index contributed by atoms with van der Waals surface area (Å²) < 4.78 is 26.5. The van der Waals surface area contributed by atoms with E-state index < -0.39 is 10.0 Å². The van der Waals surface area contributed by atoms with Crippen LogP contribution < -0.4 is 10.6 Å². The van der Waals surface area contributed by atoms with Gasteiger partial charge in [-0.15, -0.1) is 0 Å². The molecule has 0 spiro atoms. The molecule has 0 aliphatic heterocycles. The lowest BCUT2D eigenvalue weighted by molar-refractivity contribution is -0.710. The molecule has 1 saturated carbocycles. The van der Waals surface area contributed by atoms with Crippen LogP contribution in [-0.2, 0) is 14.8 Å². The molecule has 7 heteroatoms. The monoisotopic (exact) mass is 368 g/mol. The highest BCUT2D eigenvalue weighted by Gasteiger charge is 2.28. The van der Waals surface area contributed by atoms with E-state index >= 15 is 0 Å². The summed E-state index contributed by atoms with van der Waals surface area (Å²) in [4.78, 5) is 12.4. The van der Waals surface area contributed by atoms with E-state index in [-0.39, 0.29) is 18.0 Å². The van der Waals surface area contributed by atoms with Crippen LogP contribution in [0, 0.1) is 0 Å². The van der Waals surface area contributed by atoms with Gasteiger partial charge in [-0.2, -0.15) is 4.31 Å². The summed E-state index contributed by atoms with van der Waals surface area (Å²) in [5, 5.41) is 5.02. The second-order valence-corrected chi connectivity index (χ2v) is 8.65. The van der Waals surface area contributed by atoms with Crippen molar-refractivity contribution in [2.24, 2.45) is 0 Å². The highest BCUT2D eigenvalue weighted by Crippen LogP contribution is 2.19. The van der Waals surface area contributed by atoms with Gasteiger partial charge in [-0.05, 0) is 38.8 Å². The first kappa shape index (κ1) is 19.9. The molecule has 0 saturated heterocycles. The number of hydrogen-bond donors (Lipinski definition) is 2. The first-order valence-electron chi connectivity index (χ1n) is 9.05. The predicted octanol–water partition coefficient (Wildman–Crippen LogP) is 1.01. The summed E-state index contributed by atoms with van der Waals surface area (Å²) in [5.74, 6) is 0.0649. The highest BCUT2D eigenvalue weighted by atomic mass is 32.2. The van der Waals surface area contributed by atoms with E-state index in [1.54, 1.807) is 12.1 Å². The van der Waals surface area contributed by atoms with Crippen LogP contribution in [-0.4, -0.2) is 43.8 Å². The van der Waals surface area contributed by atoms with Crippen LogP contribution in [0.5, 0.6) is 0 Å². The molecular weight excluding hydrogens is 338 g/mol. The normalized spacial score (nSPS) is 17.3. The molecule has 1 aliphatic carbocycles. The minimum atomic E-state index is -3.43. The van der Waals surface area contributed by atoms with Crippen molar-refractivity contribution < 1.29 is 18.5 Å². The number of amides is 1. The maximum atomic E-state index is 12.5. The van der Waals surface area contributed by atoms with Gasteiger partial charge >= 0.3 is 0 Å². The van der Waals surface area contributed by atoms with Crippen molar-refractivity contribution in [3.05, 3.63) is 29.8 Å². The lowest BCUT2D eigenvalue weighted by Crippen LogP contribution is -2.92. The first-order valence-corrected chi connectivity index (χ1v) is 10.5. The minimum Gasteiger partial charge on any atom is -0.348 e. The Bertz CT molecular complexity index is 680. The largest absolute Gasteiger partial charge is 0.348 e. The van der Waals surface area contributed by atoms with E-state index in [4.69, 9.17) is 0 Å². The zero-order chi connectivity index (χ0) is 18.6. The molecule has 2 rings (SSSR count). The van der Waals surface area contributed by atoms with Gasteiger partial charge in [-0.3, -0.25) is 4.79 Å². The highest BCUT2D eigenvalue weighted by molar-refractivity contribution is 7.89. The summed E-state index contributed by atoms with van der Waals surface area (Å²) in [6, 6.07) is 7.25. The molecule has 6 nitrogen and oxygen atoms in total. The average molecular weight is 369 g/mol. The van der Waals surface area contributed by atoms with Gasteiger partial charge in [0.25, 0.3) is 5.91 Å². The van der Waals surface area contributed by atoms with Gasteiger partial charge in [-0.1, -0.05) is 26.0 Å². The molecule has 1 amide bonds. The molecule has 140 valence electrons. The van der Waals surface area contributed by atoms with Crippen LogP contribution in [0.1, 0.15) is 52.1 Å². The third-order valence-electron chi connectivity index (χ3n) is 4.66. The Balaban J connectivity index is 2.02. The molecule has 1 fully saturated rings. The quantitative estimate of drug-likeness (QED) is 0.682. The van der Waals surface area contributed by atoms with Crippen molar-refractivity contribution in [1.29, 1.82) is 0 Å². The average Bonchev–Trinajstić information content (AvgIpc) is 3.39. The summed E-state index contributed by atoms with van der Waals surface area (Å²) in [5.41, 5.74) is 1.00. The van der Waals surface area contributed by atoms with Gasteiger partial charge in [0, 0.05) is 24.7 Å². The summed E-state index contributed by atoms with van der Waals surface area (Å²) in [7, 11) is -3.43. The lowest BCUT2D eigenvalue weighted by Gasteiger charge is -2.19. The van der Waals surface area contributed by atoms with Crippen LogP contribution in [0.25, 0.3) is 0 Å². The zero-order valence-corrected chi connectivity index (χ0v) is 16.3. The van der Waals surface area contributed by atoms with Crippen molar-refractivity contribution in [3.8, 4) is 0 Å². The number of hydrogen-bond acceptors (Lipinski definition) is 3. The van der Waals surface area contributed by atoms with E-state index in [0.29, 0.717) is 24.0 Å². The van der Waals surface area contributed by atoms with E-state index in [0.717, 1.165) is 18.4 Å². The predicted molar refractivity (Wildman–Crippen MR) is 97.5 cm³/mol. The molecular formula is C18H30N3O3S+. The molecule has 0 unspecified atom stereocenters. The van der Waals surface area contributed by atoms with E-state index in [1.165, 1.54) is 4.31 Å². The Morgan fingerprint density at radius 2 is 1.76 bits per heavy atom. The minimum absolute atomic E-state index is 0.0649. The molecule has 3 N–H and O–H groups in total. The van der Waals surface area contributed by atoms with Gasteiger partial charge in [0.2, 0.25) is 10.0 Å². The molecule has 0 radical (unpaired) electrons. The third-order valence-corrected chi connectivity index (χ3v) is 6.73. The standard InChI is InChI=1S/C18H29N3O3S/c1-5-21(6-2)25(23,24)17-11-7-15(8-12-17)13(3)19-14(4)18(22)20-16-9-10-16/h7-8,11-14,16,19H,5-6,9-10H2,1-4H3,(H,20,22)/p+1/t13-,14-/m0/s1. The number of nitrogens with one attached hydrogen (secondary N) is 1. The lowest BCUT2D eigenvalue weighted by atomic mass is 10.1. The Labute approximate surface area is 151 Å². The van der Waals surface area contributed by atoms with Crippen molar-refractivity contribution >= 4 is 15.9 Å². The second-order valence-electron chi connectivity index (χ2n) is 6.71. The number of carbonyl (C=O) groups excluding carboxylic acids is 1. The Morgan fingerprint density at radius 1 is 1.20 bits per heavy atom. The molecule has 1 aliphatic rings. The molecule has 0 heterocycles. The topological polar surface area (TPSA) is 83.1 Å². The Kier molecular flexibility index (Phi) is 6.59. The van der Waals surface area contributed by atoms with Gasteiger partial charge in [-0.25, -0.2) is 8.42 Å². The Hall–Kier alpha value is -1.44.